The lowest BCUT2D eigenvalue weighted by Gasteiger charge is -2.41. The number of likely N-dealkylation sites (tertiary alicyclic amines) is 1. The Balaban J connectivity index is 3.14. The highest BCUT2D eigenvalue weighted by Crippen LogP contribution is 2.29. The summed E-state index contributed by atoms with van der Waals surface area (Å²) < 4.78 is 5.86. The van der Waals surface area contributed by atoms with Crippen molar-refractivity contribution in [3.05, 3.63) is 12.2 Å². The number of thioether (sulfide) groups is 1. The molecule has 0 saturated carbocycles. The summed E-state index contributed by atoms with van der Waals surface area (Å²) in [7, 11) is 11.6. The average molecular weight is 1390 g/mol. The zero-order valence-corrected chi connectivity index (χ0v) is 64.6. The van der Waals surface area contributed by atoms with Crippen LogP contribution in [0.25, 0.3) is 0 Å². The van der Waals surface area contributed by atoms with E-state index in [0.717, 1.165) is 37.4 Å². The lowest BCUT2D eigenvalue weighted by Crippen LogP contribution is -2.64. The van der Waals surface area contributed by atoms with Gasteiger partial charge >= 0.3 is 0 Å². The van der Waals surface area contributed by atoms with Crippen molar-refractivity contribution < 1.29 is 62.6 Å². The third kappa shape index (κ3) is 25.1. The predicted octanol–water partition coefficient (Wildman–Crippen LogP) is 4.97. The Hall–Kier alpha value is -5.86. The first-order valence-corrected chi connectivity index (χ1v) is 36.4. The zero-order valence-electron chi connectivity index (χ0n) is 63.8. The fraction of sp³-hybridized carbons (Fsp3) is 0.817. The van der Waals surface area contributed by atoms with E-state index in [4.69, 9.17) is 4.74 Å². The van der Waals surface area contributed by atoms with Crippen LogP contribution in [0.2, 0.25) is 0 Å². The third-order valence-corrected chi connectivity index (χ3v) is 20.5. The Morgan fingerprint density at radius 1 is 0.557 bits per heavy atom. The SMILES string of the molecule is C/C=C/C[C@@H](C)[C@@H](O)[C@H]1C(=O)N[C@@H](CC)C(=O)N(C)[C@H](SCCCN2CCCC2)C(=O)N(C)[C@@H](CC(C)(C)OC)C(=O)N[C@H](C(C)C)C(=O)N(C)[C@H](CCC(C)C)C(=O)N[C@H](C)C(=O)N[C@@H](C)C(=O)N(C)[C@@H](CC(C)C)C(=O)N(C)[C@@H](CC(C)C)C(=O)N(C)[C@@H](C(C)C)C(=O)N1C. The molecule has 97 heavy (non-hydrogen) atoms. The van der Waals surface area contributed by atoms with Gasteiger partial charge in [-0.1, -0.05) is 95.2 Å². The molecule has 0 spiro atoms. The molecule has 2 saturated heterocycles. The maximum Gasteiger partial charge on any atom is 0.256 e. The van der Waals surface area contributed by atoms with Crippen molar-refractivity contribution in [2.24, 2.45) is 35.5 Å². The molecule has 0 aromatic rings. The molecule has 26 heteroatoms. The van der Waals surface area contributed by atoms with Gasteiger partial charge in [0, 0.05) is 62.9 Å². The Bertz CT molecular complexity index is 2650. The number of hydrogen-bond donors (Lipinski definition) is 5. The van der Waals surface area contributed by atoms with Gasteiger partial charge in [-0.05, 0) is 153 Å². The number of carbonyl (C=O) groups excluding carboxylic acids is 11. The quantitative estimate of drug-likeness (QED) is 0.0706. The van der Waals surface area contributed by atoms with E-state index in [9.17, 15) is 19.5 Å². The van der Waals surface area contributed by atoms with Crippen LogP contribution in [-0.2, 0) is 57.5 Å². The molecule has 2 rings (SSSR count). The van der Waals surface area contributed by atoms with Gasteiger partial charge < -0.3 is 70.3 Å². The number of carbonyl (C=O) groups is 11. The van der Waals surface area contributed by atoms with Crippen molar-refractivity contribution >= 4 is 76.7 Å². The number of nitrogens with one attached hydrogen (secondary N) is 4. The first-order chi connectivity index (χ1) is 45.0. The van der Waals surface area contributed by atoms with Gasteiger partial charge in [-0.3, -0.25) is 52.7 Å². The monoisotopic (exact) mass is 1390 g/mol. The first-order valence-electron chi connectivity index (χ1n) is 35.3. The van der Waals surface area contributed by atoms with Crippen LogP contribution in [0.3, 0.4) is 0 Å². The molecule has 2 aliphatic rings. The van der Waals surface area contributed by atoms with Crippen LogP contribution in [0.1, 0.15) is 182 Å². The summed E-state index contributed by atoms with van der Waals surface area (Å²) in [6.45, 7) is 32.6. The molecule has 5 N–H and O–H groups in total. The molecule has 556 valence electrons. The fourth-order valence-corrected chi connectivity index (χ4v) is 13.7. The van der Waals surface area contributed by atoms with E-state index < -0.39 is 160 Å². The first kappa shape index (κ1) is 87.2. The summed E-state index contributed by atoms with van der Waals surface area (Å²) in [5.41, 5.74) is -1.04. The van der Waals surface area contributed by atoms with Gasteiger partial charge in [0.25, 0.3) is 5.91 Å². The summed E-state index contributed by atoms with van der Waals surface area (Å²) in [5, 5.41) is 22.3. The normalized spacial score (nSPS) is 27.0. The van der Waals surface area contributed by atoms with Crippen LogP contribution in [0, 0.1) is 35.5 Å². The van der Waals surface area contributed by atoms with E-state index in [1.165, 1.54) is 111 Å². The summed E-state index contributed by atoms with van der Waals surface area (Å²) in [6.07, 6.45) is 6.02. The molecule has 0 bridgehead atoms. The Morgan fingerprint density at radius 3 is 1.55 bits per heavy atom. The van der Waals surface area contributed by atoms with Gasteiger partial charge in [0.1, 0.15) is 60.4 Å². The minimum atomic E-state index is -1.64. The maximum atomic E-state index is 15.5. The highest BCUT2D eigenvalue weighted by atomic mass is 32.2. The topological polar surface area (TPSA) is 291 Å². The number of ether oxygens (including phenoxy) is 1. The molecule has 0 radical (unpaired) electrons. The zero-order chi connectivity index (χ0) is 74.4. The number of aliphatic hydroxyl groups is 1. The number of allylic oxidation sites excluding steroid dienone is 2. The van der Waals surface area contributed by atoms with E-state index in [1.807, 2.05) is 54.5 Å². The smallest absolute Gasteiger partial charge is 0.256 e. The molecular formula is C71H128N12O13S. The van der Waals surface area contributed by atoms with Gasteiger partial charge in [-0.15, -0.1) is 11.8 Å². The second-order valence-electron chi connectivity index (χ2n) is 29.8. The van der Waals surface area contributed by atoms with Gasteiger partial charge in [0.05, 0.1) is 11.7 Å². The van der Waals surface area contributed by atoms with Crippen molar-refractivity contribution in [1.29, 1.82) is 0 Å². The molecule has 2 heterocycles. The number of rotatable bonds is 22. The van der Waals surface area contributed by atoms with Crippen molar-refractivity contribution in [1.82, 2.24) is 60.5 Å². The number of amides is 11. The van der Waals surface area contributed by atoms with E-state index in [2.05, 4.69) is 26.2 Å². The highest BCUT2D eigenvalue weighted by Gasteiger charge is 2.47. The second-order valence-corrected chi connectivity index (χ2v) is 31.0. The number of nitrogens with zero attached hydrogens (tertiary/aromatic N) is 8. The van der Waals surface area contributed by atoms with Crippen molar-refractivity contribution in [2.75, 3.05) is 81.8 Å². The molecule has 0 aromatic heterocycles. The lowest BCUT2D eigenvalue weighted by atomic mass is 9.91. The minimum absolute atomic E-state index is 0.00359. The van der Waals surface area contributed by atoms with Crippen LogP contribution >= 0.6 is 11.8 Å². The molecule has 13 atom stereocenters. The van der Waals surface area contributed by atoms with Crippen LogP contribution in [0.15, 0.2) is 12.2 Å². The predicted molar refractivity (Wildman–Crippen MR) is 381 cm³/mol. The van der Waals surface area contributed by atoms with Crippen LogP contribution < -0.4 is 21.3 Å². The molecule has 11 amide bonds. The van der Waals surface area contributed by atoms with E-state index in [0.29, 0.717) is 25.0 Å². The number of aliphatic hydroxyl groups excluding tert-OH is 1. The Kier molecular flexibility index (Phi) is 36.3. The van der Waals surface area contributed by atoms with Crippen LogP contribution in [0.4, 0.5) is 0 Å². The van der Waals surface area contributed by atoms with Gasteiger partial charge in [0.15, 0.2) is 5.37 Å². The van der Waals surface area contributed by atoms with Crippen LogP contribution in [0.5, 0.6) is 0 Å². The molecule has 2 fully saturated rings. The van der Waals surface area contributed by atoms with Gasteiger partial charge in [-0.25, -0.2) is 0 Å². The van der Waals surface area contributed by atoms with E-state index in [-0.39, 0.29) is 49.9 Å². The maximum absolute atomic E-state index is 15.5. The number of likely N-dealkylation sites (N-methyl/N-ethyl adjacent to an activating group) is 7. The van der Waals surface area contributed by atoms with Crippen molar-refractivity contribution in [2.45, 2.75) is 259 Å². The summed E-state index contributed by atoms with van der Waals surface area (Å²) >= 11 is 1.20. The Morgan fingerprint density at radius 2 is 1.05 bits per heavy atom. The molecule has 25 nitrogen and oxygen atoms in total. The standard InChI is InChI=1S/C71H128N12O13S/c1-26-28-32-47(13)58(84)57-62(88)74-50(27-2)64(90)82(24)70(97-38-31-37-83-35-29-30-36-83)69(95)79(21)54(41-71(16,17)96-25)61(87)75-55(45(9)10)67(93)76(18)51(34-33-42(3)4)60(86)72-48(14)59(85)73-49(15)63(89)77(19)52(39-43(5)6)65(91)78(20)53(40-44(7)8)66(92)80(22)56(46(11)12)68(94)81(57)23/h26,28,42-58,70,84H,27,29-41H2,1-25H3,(H,72,86)(H,73,85)(H,74,88)(H,75,87)/b28-26+/t47-,48-,49+,50+,51-,52+,53+,54+,55-,56+,57+,58-,70-/m1/s1. The van der Waals surface area contributed by atoms with Gasteiger partial charge in [0.2, 0.25) is 59.1 Å². The third-order valence-electron chi connectivity index (χ3n) is 19.2. The molecule has 0 unspecified atom stereocenters. The Labute approximate surface area is 586 Å². The molecule has 0 aliphatic carbocycles. The van der Waals surface area contributed by atoms with Gasteiger partial charge in [-0.2, -0.15) is 0 Å². The van der Waals surface area contributed by atoms with Crippen LogP contribution in [-0.4, -0.2) is 269 Å². The van der Waals surface area contributed by atoms with Crippen molar-refractivity contribution in [3.63, 3.8) is 0 Å². The average Bonchev–Trinajstić information content (AvgIpc) is 1.04. The van der Waals surface area contributed by atoms with E-state index in [1.54, 1.807) is 61.5 Å². The second kappa shape index (κ2) is 40.4. The molecule has 2 aliphatic heterocycles. The fourth-order valence-electron chi connectivity index (χ4n) is 12.5. The number of hydrogen-bond acceptors (Lipinski definition) is 15. The summed E-state index contributed by atoms with van der Waals surface area (Å²) in [4.78, 5) is 176. The summed E-state index contributed by atoms with van der Waals surface area (Å²) in [6, 6.07) is -12.8. The molecule has 0 aromatic carbocycles. The van der Waals surface area contributed by atoms with Crippen molar-refractivity contribution in [3.8, 4) is 0 Å². The summed E-state index contributed by atoms with van der Waals surface area (Å²) in [5.74, 6) is -9.18. The minimum Gasteiger partial charge on any atom is -0.390 e. The highest BCUT2D eigenvalue weighted by molar-refractivity contribution is 8.00. The molecular weight excluding hydrogens is 1260 g/mol. The van der Waals surface area contributed by atoms with E-state index >= 15 is 38.4 Å². The lowest BCUT2D eigenvalue weighted by molar-refractivity contribution is -0.157. The largest absolute Gasteiger partial charge is 0.390 e. The number of methoxy groups -OCH3 is 1.